The van der Waals surface area contributed by atoms with Gasteiger partial charge in [0, 0.05) is 13.2 Å². The van der Waals surface area contributed by atoms with Crippen molar-refractivity contribution in [3.05, 3.63) is 23.2 Å². The Morgan fingerprint density at radius 3 is 2.57 bits per heavy atom. The molecule has 1 aliphatic rings. The van der Waals surface area contributed by atoms with E-state index < -0.39 is 10.0 Å². The van der Waals surface area contributed by atoms with Gasteiger partial charge in [-0.05, 0) is 42.9 Å². The first kappa shape index (κ1) is 16.5. The van der Waals surface area contributed by atoms with E-state index in [4.69, 9.17) is 17.3 Å². The summed E-state index contributed by atoms with van der Waals surface area (Å²) in [6.07, 6.45) is 4.08. The fourth-order valence-electron chi connectivity index (χ4n) is 2.78. The molecule has 118 valence electrons. The molecule has 0 heterocycles. The van der Waals surface area contributed by atoms with E-state index in [2.05, 4.69) is 4.72 Å². The first-order valence-electron chi connectivity index (χ1n) is 7.09. The van der Waals surface area contributed by atoms with Gasteiger partial charge in [0.15, 0.2) is 0 Å². The van der Waals surface area contributed by atoms with Gasteiger partial charge in [-0.2, -0.15) is 0 Å². The lowest BCUT2D eigenvalue weighted by Crippen LogP contribution is -2.35. The molecule has 0 radical (unpaired) electrons. The van der Waals surface area contributed by atoms with Gasteiger partial charge in [-0.15, -0.1) is 0 Å². The van der Waals surface area contributed by atoms with Crippen LogP contribution in [-0.2, 0) is 10.0 Å². The second kappa shape index (κ2) is 6.96. The van der Waals surface area contributed by atoms with Crippen molar-refractivity contribution in [1.82, 2.24) is 4.72 Å². The van der Waals surface area contributed by atoms with Crippen molar-refractivity contribution in [3.63, 3.8) is 0 Å². The summed E-state index contributed by atoms with van der Waals surface area (Å²) >= 11 is 5.80. The molecule has 1 fully saturated rings. The Morgan fingerprint density at radius 2 is 1.95 bits per heavy atom. The number of aliphatic hydroxyl groups is 1. The molecule has 4 N–H and O–H groups in total. The van der Waals surface area contributed by atoms with Gasteiger partial charge >= 0.3 is 0 Å². The van der Waals surface area contributed by atoms with Gasteiger partial charge in [-0.25, -0.2) is 13.1 Å². The number of halogens is 1. The van der Waals surface area contributed by atoms with Crippen molar-refractivity contribution in [2.75, 3.05) is 18.9 Å². The van der Waals surface area contributed by atoms with E-state index in [0.29, 0.717) is 11.6 Å². The van der Waals surface area contributed by atoms with Gasteiger partial charge in [-0.1, -0.05) is 24.4 Å². The molecule has 2 unspecified atom stereocenters. The molecule has 21 heavy (non-hydrogen) atoms. The number of benzene rings is 1. The number of aliphatic hydroxyl groups excluding tert-OH is 1. The number of hydrogen-bond acceptors (Lipinski definition) is 4. The number of anilines is 1. The Labute approximate surface area is 130 Å². The monoisotopic (exact) mass is 332 g/mol. The van der Waals surface area contributed by atoms with Gasteiger partial charge in [0.25, 0.3) is 0 Å². The van der Waals surface area contributed by atoms with E-state index in [-0.39, 0.29) is 29.0 Å². The molecule has 0 aromatic heterocycles. The van der Waals surface area contributed by atoms with Crippen LogP contribution in [0.25, 0.3) is 0 Å². The van der Waals surface area contributed by atoms with Gasteiger partial charge in [-0.3, -0.25) is 0 Å². The van der Waals surface area contributed by atoms with Gasteiger partial charge in [0.05, 0.1) is 15.6 Å². The third kappa shape index (κ3) is 4.10. The molecule has 2 rings (SSSR count). The third-order valence-electron chi connectivity index (χ3n) is 4.11. The molecular formula is C14H21ClN2O3S. The lowest BCUT2D eigenvalue weighted by Gasteiger charge is -2.30. The summed E-state index contributed by atoms with van der Waals surface area (Å²) in [5.74, 6) is 0.361. The predicted octanol–water partition coefficient (Wildman–Crippen LogP) is 2.00. The van der Waals surface area contributed by atoms with Crippen molar-refractivity contribution in [2.24, 2.45) is 11.8 Å². The Hall–Kier alpha value is -0.820. The van der Waals surface area contributed by atoms with E-state index >= 15 is 0 Å². The highest BCUT2D eigenvalue weighted by Crippen LogP contribution is 2.29. The molecule has 0 spiro atoms. The summed E-state index contributed by atoms with van der Waals surface area (Å²) in [7, 11) is -3.60. The molecule has 0 bridgehead atoms. The summed E-state index contributed by atoms with van der Waals surface area (Å²) < 4.78 is 27.1. The SMILES string of the molecule is Nc1cc(S(=O)(=O)NCC2CCCCC2CO)ccc1Cl. The van der Waals surface area contributed by atoms with Crippen LogP contribution in [-0.4, -0.2) is 26.7 Å². The van der Waals surface area contributed by atoms with Crippen LogP contribution in [0.4, 0.5) is 5.69 Å². The molecule has 0 saturated heterocycles. The molecule has 1 aliphatic carbocycles. The maximum Gasteiger partial charge on any atom is 0.240 e. The number of nitrogens with two attached hydrogens (primary N) is 1. The first-order chi connectivity index (χ1) is 9.94. The summed E-state index contributed by atoms with van der Waals surface area (Å²) in [5, 5.41) is 9.70. The van der Waals surface area contributed by atoms with E-state index in [1.807, 2.05) is 0 Å². The van der Waals surface area contributed by atoms with Crippen LogP contribution in [0, 0.1) is 11.8 Å². The lowest BCUT2D eigenvalue weighted by atomic mass is 9.80. The average Bonchev–Trinajstić information content (AvgIpc) is 2.48. The summed E-state index contributed by atoms with van der Waals surface area (Å²) in [6, 6.07) is 4.27. The molecular weight excluding hydrogens is 312 g/mol. The normalized spacial score (nSPS) is 23.1. The van der Waals surface area contributed by atoms with Gasteiger partial charge in [0.1, 0.15) is 0 Å². The molecule has 2 atom stereocenters. The van der Waals surface area contributed by atoms with Gasteiger partial charge < -0.3 is 10.8 Å². The van der Waals surface area contributed by atoms with E-state index in [1.54, 1.807) is 0 Å². The highest BCUT2D eigenvalue weighted by atomic mass is 35.5. The molecule has 1 aromatic carbocycles. The molecule has 0 aliphatic heterocycles. The molecule has 1 saturated carbocycles. The summed E-state index contributed by atoms with van der Waals surface area (Å²) in [5.41, 5.74) is 5.88. The Kier molecular flexibility index (Phi) is 5.48. The van der Waals surface area contributed by atoms with Crippen LogP contribution in [0.2, 0.25) is 5.02 Å². The van der Waals surface area contributed by atoms with Crippen LogP contribution in [0.15, 0.2) is 23.1 Å². The zero-order valence-electron chi connectivity index (χ0n) is 11.8. The Bertz CT molecular complexity index is 592. The second-order valence-electron chi connectivity index (χ2n) is 5.52. The highest BCUT2D eigenvalue weighted by Gasteiger charge is 2.26. The number of hydrogen-bond donors (Lipinski definition) is 3. The van der Waals surface area contributed by atoms with Crippen molar-refractivity contribution in [2.45, 2.75) is 30.6 Å². The minimum atomic E-state index is -3.60. The third-order valence-corrected chi connectivity index (χ3v) is 5.88. The second-order valence-corrected chi connectivity index (χ2v) is 7.70. The molecule has 7 heteroatoms. The Balaban J connectivity index is 2.05. The minimum absolute atomic E-state index is 0.111. The molecule has 1 aromatic rings. The largest absolute Gasteiger partial charge is 0.397 e. The van der Waals surface area contributed by atoms with Crippen molar-refractivity contribution < 1.29 is 13.5 Å². The number of rotatable bonds is 5. The van der Waals surface area contributed by atoms with Crippen LogP contribution < -0.4 is 10.5 Å². The predicted molar refractivity (Wildman–Crippen MR) is 83.6 cm³/mol. The molecule has 0 amide bonds. The van der Waals surface area contributed by atoms with Crippen molar-refractivity contribution in [3.8, 4) is 0 Å². The zero-order chi connectivity index (χ0) is 15.5. The van der Waals surface area contributed by atoms with Crippen LogP contribution in [0.3, 0.4) is 0 Å². The van der Waals surface area contributed by atoms with Crippen LogP contribution >= 0.6 is 11.6 Å². The lowest BCUT2D eigenvalue weighted by molar-refractivity contribution is 0.136. The zero-order valence-corrected chi connectivity index (χ0v) is 13.3. The number of nitrogens with one attached hydrogen (secondary N) is 1. The summed E-state index contributed by atoms with van der Waals surface area (Å²) in [4.78, 5) is 0.112. The highest BCUT2D eigenvalue weighted by molar-refractivity contribution is 7.89. The standard InChI is InChI=1S/C14H21ClN2O3S/c15-13-6-5-12(7-14(13)16)21(19,20)17-8-10-3-1-2-4-11(10)9-18/h5-7,10-11,17-18H,1-4,8-9,16H2. The Morgan fingerprint density at radius 1 is 1.29 bits per heavy atom. The van der Waals surface area contributed by atoms with E-state index in [9.17, 15) is 13.5 Å². The number of sulfonamides is 1. The smallest absolute Gasteiger partial charge is 0.240 e. The van der Waals surface area contributed by atoms with Crippen molar-refractivity contribution in [1.29, 1.82) is 0 Å². The minimum Gasteiger partial charge on any atom is -0.397 e. The average molecular weight is 333 g/mol. The van der Waals surface area contributed by atoms with E-state index in [1.165, 1.54) is 18.2 Å². The first-order valence-corrected chi connectivity index (χ1v) is 8.95. The van der Waals surface area contributed by atoms with E-state index in [0.717, 1.165) is 25.7 Å². The number of nitrogen functional groups attached to an aromatic ring is 1. The molecule has 5 nitrogen and oxygen atoms in total. The maximum absolute atomic E-state index is 12.3. The fraction of sp³-hybridized carbons (Fsp3) is 0.571. The van der Waals surface area contributed by atoms with Crippen LogP contribution in [0.5, 0.6) is 0 Å². The summed E-state index contributed by atoms with van der Waals surface area (Å²) in [6.45, 7) is 0.455. The maximum atomic E-state index is 12.3. The fourth-order valence-corrected chi connectivity index (χ4v) is 4.03. The topological polar surface area (TPSA) is 92.4 Å². The van der Waals surface area contributed by atoms with Crippen molar-refractivity contribution >= 4 is 27.3 Å². The quantitative estimate of drug-likeness (QED) is 0.719. The van der Waals surface area contributed by atoms with Gasteiger partial charge in [0.2, 0.25) is 10.0 Å². The van der Waals surface area contributed by atoms with Crippen LogP contribution in [0.1, 0.15) is 25.7 Å².